The minimum Gasteiger partial charge on any atom is -0.118 e. The molecule has 1 rings (SSSR count). The first kappa shape index (κ1) is 16.6. The minimum absolute atomic E-state index is 0.172. The lowest BCUT2D eigenvalue weighted by Crippen LogP contribution is -2.07. The summed E-state index contributed by atoms with van der Waals surface area (Å²) < 4.78 is 0. The first-order valence-corrected chi connectivity index (χ1v) is 8.29. The van der Waals surface area contributed by atoms with Crippen molar-refractivity contribution in [1.82, 2.24) is 0 Å². The molecule has 2 atom stereocenters. The fourth-order valence-electron chi connectivity index (χ4n) is 2.68. The van der Waals surface area contributed by atoms with Gasteiger partial charge in [0.2, 0.25) is 0 Å². The second kappa shape index (κ2) is 7.94. The van der Waals surface area contributed by atoms with Gasteiger partial charge < -0.3 is 0 Å². The molecule has 0 radical (unpaired) electrons. The van der Waals surface area contributed by atoms with E-state index in [1.165, 1.54) is 28.7 Å². The van der Waals surface area contributed by atoms with Gasteiger partial charge in [0.25, 0.3) is 0 Å². The van der Waals surface area contributed by atoms with Crippen LogP contribution in [-0.2, 0) is 19.3 Å². The van der Waals surface area contributed by atoms with E-state index in [0.717, 1.165) is 25.7 Å². The van der Waals surface area contributed by atoms with E-state index in [4.69, 9.17) is 11.6 Å². The molecule has 0 nitrogen and oxygen atoms in total. The first-order valence-electron chi connectivity index (χ1n) is 7.85. The van der Waals surface area contributed by atoms with Gasteiger partial charge in [-0.2, -0.15) is 0 Å². The van der Waals surface area contributed by atoms with Gasteiger partial charge in [-0.05, 0) is 53.9 Å². The highest BCUT2D eigenvalue weighted by atomic mass is 35.5. The normalized spacial score (nSPS) is 14.4. The molecular formula is C18H29Cl. The maximum Gasteiger partial charge on any atom is 0.0593 e. The van der Waals surface area contributed by atoms with Crippen LogP contribution in [0.4, 0.5) is 0 Å². The van der Waals surface area contributed by atoms with Crippen molar-refractivity contribution < 1.29 is 0 Å². The highest BCUT2D eigenvalue weighted by Crippen LogP contribution is 2.35. The van der Waals surface area contributed by atoms with E-state index in [1.54, 1.807) is 0 Å². The average molecular weight is 281 g/mol. The lowest BCUT2D eigenvalue weighted by Gasteiger charge is -2.22. The Bertz CT molecular complexity index is 370. The van der Waals surface area contributed by atoms with Crippen molar-refractivity contribution in [1.29, 1.82) is 0 Å². The van der Waals surface area contributed by atoms with Gasteiger partial charge in [0.1, 0.15) is 0 Å². The smallest absolute Gasteiger partial charge is 0.0593 e. The maximum absolute atomic E-state index is 6.74. The Labute approximate surface area is 124 Å². The van der Waals surface area contributed by atoms with Crippen molar-refractivity contribution in [3.63, 3.8) is 0 Å². The van der Waals surface area contributed by atoms with Crippen LogP contribution in [0.1, 0.15) is 75.1 Å². The lowest BCUT2D eigenvalue weighted by atomic mass is 9.88. The zero-order chi connectivity index (χ0) is 14.4. The van der Waals surface area contributed by atoms with Crippen molar-refractivity contribution in [2.45, 2.75) is 72.1 Å². The van der Waals surface area contributed by atoms with Gasteiger partial charge in [0, 0.05) is 0 Å². The molecule has 0 saturated heterocycles. The molecule has 0 saturated carbocycles. The number of aryl methyl sites for hydroxylation is 3. The van der Waals surface area contributed by atoms with Gasteiger partial charge in [-0.15, -0.1) is 11.6 Å². The summed E-state index contributed by atoms with van der Waals surface area (Å²) in [6, 6.07) is 4.72. The van der Waals surface area contributed by atoms with Crippen LogP contribution in [0.25, 0.3) is 0 Å². The Morgan fingerprint density at radius 2 is 1.47 bits per heavy atom. The summed E-state index contributed by atoms with van der Waals surface area (Å²) in [6.45, 7) is 11.3. The van der Waals surface area contributed by atoms with Crippen molar-refractivity contribution in [3.05, 3.63) is 34.4 Å². The van der Waals surface area contributed by atoms with Crippen LogP contribution < -0.4 is 0 Å². The maximum atomic E-state index is 6.74. The summed E-state index contributed by atoms with van der Waals surface area (Å²) in [6.07, 6.45) is 5.57. The molecule has 0 aliphatic rings. The SMILES string of the molecule is CCc1cc(CC)c(C(Cl)CC(C)CC)c(CC)c1. The summed E-state index contributed by atoms with van der Waals surface area (Å²) in [4.78, 5) is 0. The number of hydrogen-bond donors (Lipinski definition) is 0. The van der Waals surface area contributed by atoms with Crippen molar-refractivity contribution >= 4 is 11.6 Å². The van der Waals surface area contributed by atoms with Crippen LogP contribution in [0.2, 0.25) is 0 Å². The second-order valence-electron chi connectivity index (χ2n) is 5.61. The summed E-state index contributed by atoms with van der Waals surface area (Å²) in [5.41, 5.74) is 5.79. The molecule has 0 bridgehead atoms. The van der Waals surface area contributed by atoms with E-state index in [0.29, 0.717) is 5.92 Å². The van der Waals surface area contributed by atoms with Crippen LogP contribution in [0, 0.1) is 5.92 Å². The Balaban J connectivity index is 3.15. The Kier molecular flexibility index (Phi) is 6.93. The fraction of sp³-hybridized carbons (Fsp3) is 0.667. The average Bonchev–Trinajstić information content (AvgIpc) is 2.44. The topological polar surface area (TPSA) is 0 Å². The monoisotopic (exact) mass is 280 g/mol. The highest BCUT2D eigenvalue weighted by molar-refractivity contribution is 6.21. The molecule has 0 amide bonds. The molecule has 0 aliphatic carbocycles. The molecule has 19 heavy (non-hydrogen) atoms. The first-order chi connectivity index (χ1) is 9.07. The fourth-order valence-corrected chi connectivity index (χ4v) is 3.26. The Hall–Kier alpha value is -0.490. The van der Waals surface area contributed by atoms with Crippen molar-refractivity contribution in [2.75, 3.05) is 0 Å². The number of rotatable bonds is 7. The third-order valence-electron chi connectivity index (χ3n) is 4.20. The molecule has 0 fully saturated rings. The summed E-state index contributed by atoms with van der Waals surface area (Å²) in [5, 5.41) is 0.172. The largest absolute Gasteiger partial charge is 0.118 e. The molecule has 0 aromatic heterocycles. The molecule has 0 aliphatic heterocycles. The van der Waals surface area contributed by atoms with Gasteiger partial charge in [-0.1, -0.05) is 53.2 Å². The van der Waals surface area contributed by atoms with Crippen molar-refractivity contribution in [3.8, 4) is 0 Å². The van der Waals surface area contributed by atoms with Crippen LogP contribution in [-0.4, -0.2) is 0 Å². The molecular weight excluding hydrogens is 252 g/mol. The van der Waals surface area contributed by atoms with E-state index in [-0.39, 0.29) is 5.38 Å². The summed E-state index contributed by atoms with van der Waals surface area (Å²) in [7, 11) is 0. The van der Waals surface area contributed by atoms with Gasteiger partial charge in [-0.25, -0.2) is 0 Å². The third kappa shape index (κ3) is 4.24. The van der Waals surface area contributed by atoms with Crippen LogP contribution >= 0.6 is 11.6 Å². The molecule has 1 aromatic rings. The number of benzene rings is 1. The van der Waals surface area contributed by atoms with E-state index in [9.17, 15) is 0 Å². The molecule has 1 heteroatoms. The summed E-state index contributed by atoms with van der Waals surface area (Å²) >= 11 is 6.74. The molecule has 2 unspecified atom stereocenters. The zero-order valence-electron chi connectivity index (χ0n) is 13.2. The zero-order valence-corrected chi connectivity index (χ0v) is 14.0. The van der Waals surface area contributed by atoms with Crippen LogP contribution in [0.15, 0.2) is 12.1 Å². The molecule has 0 N–H and O–H groups in total. The van der Waals surface area contributed by atoms with E-state index < -0.39 is 0 Å². The number of hydrogen-bond acceptors (Lipinski definition) is 0. The molecule has 108 valence electrons. The third-order valence-corrected chi connectivity index (χ3v) is 4.60. The quantitative estimate of drug-likeness (QED) is 0.530. The minimum atomic E-state index is 0.172. The number of alkyl halides is 1. The van der Waals surface area contributed by atoms with E-state index in [2.05, 4.69) is 46.8 Å². The lowest BCUT2D eigenvalue weighted by molar-refractivity contribution is 0.506. The summed E-state index contributed by atoms with van der Waals surface area (Å²) in [5.74, 6) is 0.697. The Morgan fingerprint density at radius 3 is 1.84 bits per heavy atom. The van der Waals surface area contributed by atoms with Crippen molar-refractivity contribution in [2.24, 2.45) is 5.92 Å². The standard InChI is InChI=1S/C18H29Cl/c1-6-13(5)10-17(19)18-15(8-3)11-14(7-2)12-16(18)9-4/h11-13,17H,6-10H2,1-5H3. The van der Waals surface area contributed by atoms with E-state index >= 15 is 0 Å². The van der Waals surface area contributed by atoms with Crippen LogP contribution in [0.3, 0.4) is 0 Å². The van der Waals surface area contributed by atoms with Gasteiger partial charge in [0.05, 0.1) is 5.38 Å². The van der Waals surface area contributed by atoms with Gasteiger partial charge >= 0.3 is 0 Å². The van der Waals surface area contributed by atoms with E-state index in [1.807, 2.05) is 0 Å². The molecule has 1 aromatic carbocycles. The predicted molar refractivity (Wildman–Crippen MR) is 87.2 cm³/mol. The molecule has 0 spiro atoms. The van der Waals surface area contributed by atoms with Gasteiger partial charge in [0.15, 0.2) is 0 Å². The second-order valence-corrected chi connectivity index (χ2v) is 6.13. The highest BCUT2D eigenvalue weighted by Gasteiger charge is 2.18. The van der Waals surface area contributed by atoms with Crippen LogP contribution in [0.5, 0.6) is 0 Å². The van der Waals surface area contributed by atoms with Gasteiger partial charge in [-0.3, -0.25) is 0 Å². The predicted octanol–water partition coefficient (Wildman–Crippen LogP) is 6.09. The Morgan fingerprint density at radius 1 is 0.947 bits per heavy atom. The molecule has 0 heterocycles. The number of halogens is 1.